The van der Waals surface area contributed by atoms with Crippen molar-refractivity contribution in [1.29, 1.82) is 0 Å². The van der Waals surface area contributed by atoms with Crippen molar-refractivity contribution in [3.05, 3.63) is 89.5 Å². The Balaban J connectivity index is 0.000000351. The van der Waals surface area contributed by atoms with Crippen LogP contribution in [0.15, 0.2) is 68.3 Å². The highest BCUT2D eigenvalue weighted by atomic mass is 16.6. The molecule has 0 fully saturated rings. The Labute approximate surface area is 140 Å². The Morgan fingerprint density at radius 2 is 1.67 bits per heavy atom. The van der Waals surface area contributed by atoms with Gasteiger partial charge in [0.15, 0.2) is 0 Å². The predicted octanol–water partition coefficient (Wildman–Crippen LogP) is 2.84. The van der Waals surface area contributed by atoms with E-state index in [0.717, 1.165) is 0 Å². The lowest BCUT2D eigenvalue weighted by molar-refractivity contribution is -0.384. The number of aromatic nitrogens is 2. The van der Waals surface area contributed by atoms with Crippen LogP contribution in [0.5, 0.6) is 0 Å². The molecule has 0 aliphatic carbocycles. The molecule has 7 nitrogen and oxygen atoms in total. The zero-order valence-electron chi connectivity index (χ0n) is 13.1. The molecule has 0 aliphatic heterocycles. The number of non-ortho nitro benzene ring substituents is 1. The van der Waals surface area contributed by atoms with Gasteiger partial charge in [0.05, 0.1) is 18.1 Å². The summed E-state index contributed by atoms with van der Waals surface area (Å²) in [4.78, 5) is 17.6. The largest absolute Gasteiger partial charge is 0.384 e. The highest BCUT2D eigenvalue weighted by Gasteiger charge is 2.12. The third kappa shape index (κ3) is 6.47. The van der Waals surface area contributed by atoms with Crippen molar-refractivity contribution < 1.29 is 14.8 Å². The van der Waals surface area contributed by atoms with E-state index in [-0.39, 0.29) is 5.69 Å². The maximum atomic E-state index is 10.5. The zero-order valence-corrected chi connectivity index (χ0v) is 13.1. The number of hydrogen-bond donors (Lipinski definition) is 1. The summed E-state index contributed by atoms with van der Waals surface area (Å²) in [7, 11) is 0. The molecule has 7 heteroatoms. The molecule has 2 rings (SSSR count). The molecule has 1 aromatic heterocycles. The van der Waals surface area contributed by atoms with Crippen molar-refractivity contribution in [3.63, 3.8) is 0 Å². The first kappa shape index (κ1) is 19.1. The summed E-state index contributed by atoms with van der Waals surface area (Å²) < 4.78 is 4.90. The van der Waals surface area contributed by atoms with E-state index in [1.54, 1.807) is 12.2 Å². The van der Waals surface area contributed by atoms with Gasteiger partial charge in [-0.1, -0.05) is 12.2 Å². The van der Waals surface area contributed by atoms with Gasteiger partial charge in [0.25, 0.3) is 5.69 Å². The van der Waals surface area contributed by atoms with Crippen LogP contribution < -0.4 is 0 Å². The molecular weight excluding hydrogens is 310 g/mol. The maximum Gasteiger partial charge on any atom is 0.269 e. The number of hydrogen-bond acceptors (Lipinski definition) is 6. The summed E-state index contributed by atoms with van der Waals surface area (Å²) in [5.41, 5.74) is 1.09. The van der Waals surface area contributed by atoms with Crippen LogP contribution in [0.25, 0.3) is 0 Å². The number of nitro benzene ring substituents is 1. The molecule has 0 bridgehead atoms. The Kier molecular flexibility index (Phi) is 8.59. The lowest BCUT2D eigenvalue weighted by Crippen LogP contribution is -2.01. The third-order valence-electron chi connectivity index (χ3n) is 2.79. The van der Waals surface area contributed by atoms with Gasteiger partial charge in [-0.3, -0.25) is 10.1 Å². The van der Waals surface area contributed by atoms with Crippen LogP contribution in [-0.2, 0) is 4.74 Å². The van der Waals surface area contributed by atoms with Crippen molar-refractivity contribution >= 4 is 5.69 Å². The molecule has 1 aromatic carbocycles. The average Bonchev–Trinajstić information content (AvgIpc) is 2.63. The SMILES string of the molecule is C=CCOCC=C.O=[N+]([O-])c1ccc(C(O)c2cncnc2)cc1. The zero-order chi connectivity index (χ0) is 17.8. The van der Waals surface area contributed by atoms with Gasteiger partial charge >= 0.3 is 0 Å². The van der Waals surface area contributed by atoms with E-state index < -0.39 is 11.0 Å². The Morgan fingerprint density at radius 3 is 2.12 bits per heavy atom. The number of nitrogens with zero attached hydrogens (tertiary/aromatic N) is 3. The molecule has 126 valence electrons. The minimum absolute atomic E-state index is 0.00902. The monoisotopic (exact) mass is 329 g/mol. The lowest BCUT2D eigenvalue weighted by Gasteiger charge is -2.09. The van der Waals surface area contributed by atoms with Crippen molar-refractivity contribution in [2.45, 2.75) is 6.10 Å². The Hall–Kier alpha value is -2.90. The number of aliphatic hydroxyl groups is 1. The van der Waals surface area contributed by atoms with Gasteiger partial charge in [-0.25, -0.2) is 9.97 Å². The molecule has 1 heterocycles. The highest BCUT2D eigenvalue weighted by molar-refractivity contribution is 5.36. The molecule has 1 N–H and O–H groups in total. The summed E-state index contributed by atoms with van der Waals surface area (Å²) in [6.45, 7) is 8.18. The van der Waals surface area contributed by atoms with Gasteiger partial charge < -0.3 is 9.84 Å². The molecule has 0 aliphatic rings. The van der Waals surface area contributed by atoms with Gasteiger partial charge in [0, 0.05) is 30.1 Å². The second-order valence-electron chi connectivity index (χ2n) is 4.54. The third-order valence-corrected chi connectivity index (χ3v) is 2.79. The fourth-order valence-corrected chi connectivity index (χ4v) is 1.66. The first-order chi connectivity index (χ1) is 11.6. The van der Waals surface area contributed by atoms with Crippen LogP contribution in [0.1, 0.15) is 17.2 Å². The Morgan fingerprint density at radius 1 is 1.12 bits per heavy atom. The maximum absolute atomic E-state index is 10.5. The molecular formula is C17H19N3O4. The van der Waals surface area contributed by atoms with Crippen molar-refractivity contribution in [3.8, 4) is 0 Å². The van der Waals surface area contributed by atoms with Gasteiger partial charge in [0.1, 0.15) is 12.4 Å². The summed E-state index contributed by atoms with van der Waals surface area (Å²) in [6, 6.07) is 5.72. The first-order valence-corrected chi connectivity index (χ1v) is 7.07. The molecule has 0 radical (unpaired) electrons. The summed E-state index contributed by atoms with van der Waals surface area (Å²) in [6.07, 6.45) is 6.91. The number of ether oxygens (including phenoxy) is 1. The minimum Gasteiger partial charge on any atom is -0.384 e. The van der Waals surface area contributed by atoms with Crippen molar-refractivity contribution in [2.24, 2.45) is 0 Å². The van der Waals surface area contributed by atoms with Crippen LogP contribution in [0.4, 0.5) is 5.69 Å². The first-order valence-electron chi connectivity index (χ1n) is 7.07. The lowest BCUT2D eigenvalue weighted by atomic mass is 10.0. The second-order valence-corrected chi connectivity index (χ2v) is 4.54. The molecule has 1 unspecified atom stereocenters. The fraction of sp³-hybridized carbons (Fsp3) is 0.176. The normalized spacial score (nSPS) is 10.9. The van der Waals surface area contributed by atoms with Crippen LogP contribution in [0.3, 0.4) is 0 Å². The number of nitro groups is 1. The fourth-order valence-electron chi connectivity index (χ4n) is 1.66. The van der Waals surface area contributed by atoms with E-state index in [9.17, 15) is 15.2 Å². The van der Waals surface area contributed by atoms with Crippen molar-refractivity contribution in [2.75, 3.05) is 13.2 Å². The minimum atomic E-state index is -0.878. The van der Waals surface area contributed by atoms with E-state index in [4.69, 9.17) is 4.74 Å². The van der Waals surface area contributed by atoms with Crippen LogP contribution >= 0.6 is 0 Å². The van der Waals surface area contributed by atoms with Crippen LogP contribution in [0.2, 0.25) is 0 Å². The number of aliphatic hydroxyl groups excluding tert-OH is 1. The molecule has 0 saturated carbocycles. The van der Waals surface area contributed by atoms with Crippen LogP contribution in [0, 0.1) is 10.1 Å². The Bertz CT molecular complexity index is 637. The summed E-state index contributed by atoms with van der Waals surface area (Å²) in [5, 5.41) is 20.4. The van der Waals surface area contributed by atoms with E-state index >= 15 is 0 Å². The topological polar surface area (TPSA) is 98.4 Å². The summed E-state index contributed by atoms with van der Waals surface area (Å²) in [5.74, 6) is 0. The van der Waals surface area contributed by atoms with Gasteiger partial charge in [-0.05, 0) is 17.7 Å². The van der Waals surface area contributed by atoms with Gasteiger partial charge in [0.2, 0.25) is 0 Å². The van der Waals surface area contributed by atoms with E-state index in [0.29, 0.717) is 24.3 Å². The van der Waals surface area contributed by atoms with Crippen LogP contribution in [-0.4, -0.2) is 33.2 Å². The van der Waals surface area contributed by atoms with E-state index in [1.165, 1.54) is 43.0 Å². The summed E-state index contributed by atoms with van der Waals surface area (Å²) >= 11 is 0. The molecule has 0 spiro atoms. The number of rotatable bonds is 7. The molecule has 0 amide bonds. The smallest absolute Gasteiger partial charge is 0.269 e. The van der Waals surface area contributed by atoms with E-state index in [1.807, 2.05) is 0 Å². The van der Waals surface area contributed by atoms with E-state index in [2.05, 4.69) is 23.1 Å². The molecule has 0 saturated heterocycles. The predicted molar refractivity (Wildman–Crippen MR) is 90.4 cm³/mol. The molecule has 24 heavy (non-hydrogen) atoms. The average molecular weight is 329 g/mol. The quantitative estimate of drug-likeness (QED) is 0.363. The van der Waals surface area contributed by atoms with Gasteiger partial charge in [-0.2, -0.15) is 0 Å². The molecule has 2 aromatic rings. The standard InChI is InChI=1S/C11H9N3O3.C6H10O/c15-11(9-5-12-7-13-6-9)8-1-3-10(4-2-8)14(16)17;1-3-5-7-6-4-2/h1-7,11,15H;3-4H,1-2,5-6H2. The second kappa shape index (κ2) is 10.8. The van der Waals surface area contributed by atoms with Crippen molar-refractivity contribution in [1.82, 2.24) is 9.97 Å². The number of benzene rings is 1. The van der Waals surface area contributed by atoms with Gasteiger partial charge in [-0.15, -0.1) is 13.2 Å². The molecule has 1 atom stereocenters. The highest BCUT2D eigenvalue weighted by Crippen LogP contribution is 2.22.